The van der Waals surface area contributed by atoms with Crippen molar-refractivity contribution in [3.05, 3.63) is 46.0 Å². The number of halogens is 2. The zero-order valence-electron chi connectivity index (χ0n) is 15.0. The third kappa shape index (κ3) is 3.72. The van der Waals surface area contributed by atoms with Crippen LogP contribution in [0.15, 0.2) is 23.1 Å². The number of benzene rings is 1. The molecule has 3 rings (SSSR count). The van der Waals surface area contributed by atoms with Gasteiger partial charge in [0.15, 0.2) is 0 Å². The fourth-order valence-corrected chi connectivity index (χ4v) is 5.64. The Morgan fingerprint density at radius 2 is 2.04 bits per heavy atom. The first-order valence-corrected chi connectivity index (χ1v) is 10.4. The largest absolute Gasteiger partial charge is 0.281 e. The number of nitrogens with one attached hydrogen (secondary N) is 1. The summed E-state index contributed by atoms with van der Waals surface area (Å²) in [5, 5.41) is 16.5. The quantitative estimate of drug-likeness (QED) is 0.834. The minimum Gasteiger partial charge on any atom is -0.281 e. The van der Waals surface area contributed by atoms with Crippen molar-refractivity contribution >= 4 is 21.6 Å². The van der Waals surface area contributed by atoms with Crippen molar-refractivity contribution in [1.29, 1.82) is 5.26 Å². The highest BCUT2D eigenvalue weighted by Gasteiger charge is 2.36. The van der Waals surface area contributed by atoms with E-state index >= 15 is 0 Å². The van der Waals surface area contributed by atoms with Crippen molar-refractivity contribution in [1.82, 2.24) is 14.5 Å². The van der Waals surface area contributed by atoms with E-state index in [1.807, 2.05) is 0 Å². The summed E-state index contributed by atoms with van der Waals surface area (Å²) in [6, 6.07) is 6.48. The lowest BCUT2D eigenvalue weighted by Gasteiger charge is -2.33. The van der Waals surface area contributed by atoms with Crippen molar-refractivity contribution in [2.24, 2.45) is 5.92 Å². The number of H-pyrrole nitrogens is 1. The van der Waals surface area contributed by atoms with Crippen LogP contribution in [0.3, 0.4) is 0 Å². The Morgan fingerprint density at radius 3 is 2.56 bits per heavy atom. The molecule has 1 aromatic carbocycles. The molecule has 27 heavy (non-hydrogen) atoms. The molecule has 1 fully saturated rings. The zero-order chi connectivity index (χ0) is 19.8. The van der Waals surface area contributed by atoms with E-state index in [1.165, 1.54) is 16.4 Å². The van der Waals surface area contributed by atoms with Gasteiger partial charge < -0.3 is 0 Å². The number of aromatic amines is 1. The highest BCUT2D eigenvalue weighted by atomic mass is 35.5. The Balaban J connectivity index is 1.77. The van der Waals surface area contributed by atoms with Crippen LogP contribution in [0.4, 0.5) is 4.39 Å². The minimum absolute atomic E-state index is 0.122. The van der Waals surface area contributed by atoms with Crippen molar-refractivity contribution in [2.45, 2.75) is 37.5 Å². The van der Waals surface area contributed by atoms with Gasteiger partial charge in [-0.15, -0.1) is 0 Å². The van der Waals surface area contributed by atoms with Crippen LogP contribution < -0.4 is 0 Å². The molecule has 1 atom stereocenters. The van der Waals surface area contributed by atoms with Crippen LogP contribution in [-0.2, 0) is 10.0 Å². The summed E-state index contributed by atoms with van der Waals surface area (Å²) in [5.74, 6) is -1.26. The SMILES string of the molecule is Cc1n[nH]c(C)c1S(=O)(=O)N1CCC(C(C#N)c2ccc(Cl)cc2F)CC1. The molecule has 1 aliphatic heterocycles. The topological polar surface area (TPSA) is 89.8 Å². The molecule has 1 saturated heterocycles. The van der Waals surface area contributed by atoms with Gasteiger partial charge in [0.25, 0.3) is 0 Å². The summed E-state index contributed by atoms with van der Waals surface area (Å²) in [5.41, 5.74) is 1.25. The number of hydrogen-bond acceptors (Lipinski definition) is 4. The predicted octanol–water partition coefficient (Wildman–Crippen LogP) is 3.53. The van der Waals surface area contributed by atoms with Crippen LogP contribution in [-0.4, -0.2) is 36.0 Å². The first-order valence-electron chi connectivity index (χ1n) is 8.62. The third-order valence-corrected chi connectivity index (χ3v) is 7.46. The van der Waals surface area contributed by atoms with Crippen LogP contribution in [0, 0.1) is 36.9 Å². The second-order valence-electron chi connectivity index (χ2n) is 6.78. The number of nitriles is 1. The second-order valence-corrected chi connectivity index (χ2v) is 9.09. The van der Waals surface area contributed by atoms with Crippen molar-refractivity contribution in [2.75, 3.05) is 13.1 Å². The fourth-order valence-electron chi connectivity index (χ4n) is 3.68. The van der Waals surface area contributed by atoms with Crippen molar-refractivity contribution < 1.29 is 12.8 Å². The maximum Gasteiger partial charge on any atom is 0.246 e. The van der Waals surface area contributed by atoms with E-state index in [0.29, 0.717) is 29.8 Å². The van der Waals surface area contributed by atoms with Gasteiger partial charge in [0.05, 0.1) is 23.4 Å². The number of aromatic nitrogens is 2. The summed E-state index contributed by atoms with van der Waals surface area (Å²) >= 11 is 5.79. The van der Waals surface area contributed by atoms with Gasteiger partial charge in [-0.05, 0) is 44.7 Å². The molecular formula is C18H20ClFN4O2S. The van der Waals surface area contributed by atoms with E-state index in [4.69, 9.17) is 11.6 Å². The normalized spacial score (nSPS) is 17.6. The van der Waals surface area contributed by atoms with Crippen LogP contribution in [0.2, 0.25) is 5.02 Å². The van der Waals surface area contributed by atoms with Gasteiger partial charge in [0.1, 0.15) is 10.7 Å². The summed E-state index contributed by atoms with van der Waals surface area (Å²) in [6.45, 7) is 3.89. The van der Waals surface area contributed by atoms with Crippen molar-refractivity contribution in [3.63, 3.8) is 0 Å². The highest BCUT2D eigenvalue weighted by molar-refractivity contribution is 7.89. The molecule has 0 radical (unpaired) electrons. The molecule has 1 aliphatic rings. The number of sulfonamides is 1. The predicted molar refractivity (Wildman–Crippen MR) is 99.3 cm³/mol. The van der Waals surface area contributed by atoms with Crippen LogP contribution >= 0.6 is 11.6 Å². The summed E-state index contributed by atoms with van der Waals surface area (Å²) in [6.07, 6.45) is 0.963. The number of nitrogens with zero attached hydrogens (tertiary/aromatic N) is 3. The van der Waals surface area contributed by atoms with Gasteiger partial charge in [-0.3, -0.25) is 5.10 Å². The molecule has 0 saturated carbocycles. The van der Waals surface area contributed by atoms with Crippen molar-refractivity contribution in [3.8, 4) is 6.07 Å². The number of aryl methyl sites for hydroxylation is 2. The molecule has 0 amide bonds. The molecule has 6 nitrogen and oxygen atoms in total. The highest BCUT2D eigenvalue weighted by Crippen LogP contribution is 2.36. The molecule has 1 unspecified atom stereocenters. The lowest BCUT2D eigenvalue weighted by atomic mass is 9.81. The summed E-state index contributed by atoms with van der Waals surface area (Å²) in [7, 11) is -3.65. The Bertz CT molecular complexity index is 972. The first kappa shape index (κ1) is 19.8. The standard InChI is InChI=1S/C18H20ClFN4O2S/c1-11-18(12(2)23-22-11)27(25,26)24-7-5-13(6-8-24)16(10-21)15-4-3-14(19)9-17(15)20/h3-4,9,13,16H,5-8H2,1-2H3,(H,22,23). The molecular weight excluding hydrogens is 391 g/mol. The molecule has 0 spiro atoms. The number of piperidine rings is 1. The van der Waals surface area contributed by atoms with E-state index in [1.54, 1.807) is 19.9 Å². The molecule has 0 aliphatic carbocycles. The zero-order valence-corrected chi connectivity index (χ0v) is 16.6. The monoisotopic (exact) mass is 410 g/mol. The van der Waals surface area contributed by atoms with Gasteiger partial charge in [0.2, 0.25) is 10.0 Å². The smallest absolute Gasteiger partial charge is 0.246 e. The third-order valence-electron chi connectivity index (χ3n) is 5.07. The van der Waals surface area contributed by atoms with E-state index in [-0.39, 0.29) is 28.9 Å². The molecule has 2 aromatic rings. The lowest BCUT2D eigenvalue weighted by molar-refractivity contribution is 0.259. The summed E-state index contributed by atoms with van der Waals surface area (Å²) in [4.78, 5) is 0.210. The molecule has 0 bridgehead atoms. The van der Waals surface area contributed by atoms with Gasteiger partial charge in [-0.25, -0.2) is 12.8 Å². The Morgan fingerprint density at radius 1 is 1.37 bits per heavy atom. The Hall–Kier alpha value is -1.95. The first-order chi connectivity index (χ1) is 12.8. The average molecular weight is 411 g/mol. The maximum absolute atomic E-state index is 14.2. The Kier molecular flexibility index (Phi) is 5.56. The van der Waals surface area contributed by atoms with Gasteiger partial charge >= 0.3 is 0 Å². The number of hydrogen-bond donors (Lipinski definition) is 1. The molecule has 2 heterocycles. The van der Waals surface area contributed by atoms with Gasteiger partial charge in [0, 0.05) is 23.7 Å². The number of rotatable bonds is 4. The summed E-state index contributed by atoms with van der Waals surface area (Å²) < 4.78 is 41.5. The Labute approximate surface area is 163 Å². The van der Waals surface area contributed by atoms with E-state index in [2.05, 4.69) is 16.3 Å². The van der Waals surface area contributed by atoms with Gasteiger partial charge in [-0.2, -0.15) is 14.7 Å². The fraction of sp³-hybridized carbons (Fsp3) is 0.444. The van der Waals surface area contributed by atoms with E-state index in [0.717, 1.165) is 0 Å². The van der Waals surface area contributed by atoms with Crippen LogP contribution in [0.25, 0.3) is 0 Å². The minimum atomic E-state index is -3.65. The van der Waals surface area contributed by atoms with Crippen LogP contribution in [0.1, 0.15) is 35.7 Å². The average Bonchev–Trinajstić information content (AvgIpc) is 2.97. The second kappa shape index (κ2) is 7.58. The lowest BCUT2D eigenvalue weighted by Crippen LogP contribution is -2.40. The molecule has 1 aromatic heterocycles. The van der Waals surface area contributed by atoms with E-state index in [9.17, 15) is 18.1 Å². The maximum atomic E-state index is 14.2. The molecule has 1 N–H and O–H groups in total. The van der Waals surface area contributed by atoms with Crippen LogP contribution in [0.5, 0.6) is 0 Å². The molecule has 9 heteroatoms. The molecule has 144 valence electrons. The van der Waals surface area contributed by atoms with E-state index < -0.39 is 21.8 Å². The van der Waals surface area contributed by atoms with Gasteiger partial charge in [-0.1, -0.05) is 17.7 Å².